The van der Waals surface area contributed by atoms with Crippen LogP contribution in [0.4, 0.5) is 17.1 Å². The summed E-state index contributed by atoms with van der Waals surface area (Å²) < 4.78 is 2.34. The molecule has 0 saturated heterocycles. The van der Waals surface area contributed by atoms with Crippen molar-refractivity contribution < 1.29 is 0 Å². The Labute approximate surface area is 360 Å². The van der Waals surface area contributed by atoms with Gasteiger partial charge in [-0.1, -0.05) is 182 Å². The van der Waals surface area contributed by atoms with Crippen LogP contribution in [0.25, 0.3) is 93.2 Å². The van der Waals surface area contributed by atoms with Crippen LogP contribution in [0.15, 0.2) is 243 Å². The smallest absolute Gasteiger partial charge is 0.0541 e. The molecule has 2 nitrogen and oxygen atoms in total. The molecule has 12 aromatic rings. The van der Waals surface area contributed by atoms with Gasteiger partial charge in [0.15, 0.2) is 0 Å². The van der Waals surface area contributed by atoms with Crippen molar-refractivity contribution in [1.82, 2.24) is 4.40 Å². The van der Waals surface area contributed by atoms with Gasteiger partial charge in [-0.25, -0.2) is 0 Å². The molecule has 0 saturated carbocycles. The van der Waals surface area contributed by atoms with Gasteiger partial charge in [0, 0.05) is 34.2 Å². The first-order valence-corrected chi connectivity index (χ1v) is 21.3. The number of rotatable bonds is 7. The molecule has 0 atom stereocenters. The van der Waals surface area contributed by atoms with Crippen molar-refractivity contribution >= 4 is 65.8 Å². The Balaban J connectivity index is 0.992. The first-order valence-electron chi connectivity index (χ1n) is 21.3. The van der Waals surface area contributed by atoms with Gasteiger partial charge < -0.3 is 9.30 Å². The summed E-state index contributed by atoms with van der Waals surface area (Å²) in [4.78, 5) is 2.37. The number of anilines is 3. The van der Waals surface area contributed by atoms with Crippen LogP contribution in [-0.4, -0.2) is 4.40 Å². The van der Waals surface area contributed by atoms with Crippen molar-refractivity contribution in [2.24, 2.45) is 0 Å². The average molecular weight is 789 g/mol. The number of aromatic nitrogens is 1. The van der Waals surface area contributed by atoms with Gasteiger partial charge in [-0.15, -0.1) is 0 Å². The van der Waals surface area contributed by atoms with Crippen LogP contribution in [0.3, 0.4) is 0 Å². The first-order chi connectivity index (χ1) is 30.8. The molecular weight excluding hydrogens is 749 g/mol. The molecule has 10 aromatic carbocycles. The zero-order chi connectivity index (χ0) is 41.0. The van der Waals surface area contributed by atoms with Gasteiger partial charge in [-0.05, 0) is 126 Å². The molecule has 0 bridgehead atoms. The fourth-order valence-electron chi connectivity index (χ4n) is 9.72. The second-order valence-electron chi connectivity index (χ2n) is 16.1. The van der Waals surface area contributed by atoms with Crippen molar-refractivity contribution in [3.63, 3.8) is 0 Å². The summed E-state index contributed by atoms with van der Waals surface area (Å²) in [6, 6.07) is 86.2. The van der Waals surface area contributed by atoms with Gasteiger partial charge in [-0.3, -0.25) is 0 Å². The molecule has 62 heavy (non-hydrogen) atoms. The Hall–Kier alpha value is -8.20. The third kappa shape index (κ3) is 5.96. The highest BCUT2D eigenvalue weighted by atomic mass is 15.1. The number of hydrogen-bond donors (Lipinski definition) is 0. The normalized spacial score (nSPS) is 11.5. The molecule has 0 aliphatic heterocycles. The lowest BCUT2D eigenvalue weighted by molar-refractivity contribution is 1.26. The van der Waals surface area contributed by atoms with Crippen molar-refractivity contribution in [3.05, 3.63) is 243 Å². The minimum absolute atomic E-state index is 1.09. The Bertz CT molecular complexity index is 3470. The molecule has 0 amide bonds. The summed E-state index contributed by atoms with van der Waals surface area (Å²) in [5.41, 5.74) is 15.5. The number of pyridine rings is 1. The van der Waals surface area contributed by atoms with E-state index in [4.69, 9.17) is 0 Å². The van der Waals surface area contributed by atoms with Crippen LogP contribution < -0.4 is 4.90 Å². The van der Waals surface area contributed by atoms with Gasteiger partial charge in [0.1, 0.15) is 0 Å². The fourth-order valence-corrected chi connectivity index (χ4v) is 9.72. The molecule has 0 N–H and O–H groups in total. The summed E-state index contributed by atoms with van der Waals surface area (Å²) in [7, 11) is 0. The fraction of sp³-hybridized carbons (Fsp3) is 0. The summed E-state index contributed by atoms with van der Waals surface area (Å²) in [6.45, 7) is 0. The summed E-state index contributed by atoms with van der Waals surface area (Å²) in [5, 5.41) is 8.78. The molecule has 0 unspecified atom stereocenters. The third-order valence-corrected chi connectivity index (χ3v) is 12.6. The van der Waals surface area contributed by atoms with E-state index in [0.29, 0.717) is 0 Å². The summed E-state index contributed by atoms with van der Waals surface area (Å²) in [6.07, 6.45) is 2.19. The molecule has 0 radical (unpaired) electrons. The highest BCUT2D eigenvalue weighted by Gasteiger charge is 2.20. The second kappa shape index (κ2) is 14.8. The lowest BCUT2D eigenvalue weighted by atomic mass is 9.92. The number of nitrogens with zero attached hydrogens (tertiary/aromatic N) is 2. The Morgan fingerprint density at radius 2 is 0.742 bits per heavy atom. The molecule has 0 aliphatic carbocycles. The lowest BCUT2D eigenvalue weighted by Gasteiger charge is -2.26. The van der Waals surface area contributed by atoms with E-state index in [9.17, 15) is 0 Å². The lowest BCUT2D eigenvalue weighted by Crippen LogP contribution is -2.09. The largest absolute Gasteiger partial charge is 0.316 e. The molecule has 2 heteroatoms. The summed E-state index contributed by atoms with van der Waals surface area (Å²) >= 11 is 0. The first kappa shape index (κ1) is 35.7. The van der Waals surface area contributed by atoms with E-state index in [1.54, 1.807) is 0 Å². The molecule has 0 aliphatic rings. The van der Waals surface area contributed by atoms with E-state index in [1.807, 2.05) is 0 Å². The minimum Gasteiger partial charge on any atom is -0.316 e. The predicted octanol–water partition coefficient (Wildman–Crippen LogP) is 16.7. The maximum Gasteiger partial charge on any atom is 0.0541 e. The van der Waals surface area contributed by atoms with E-state index in [2.05, 4.69) is 252 Å². The van der Waals surface area contributed by atoms with E-state index in [0.717, 1.165) is 17.1 Å². The highest BCUT2D eigenvalue weighted by Crippen LogP contribution is 2.44. The van der Waals surface area contributed by atoms with E-state index >= 15 is 0 Å². The van der Waals surface area contributed by atoms with Crippen LogP contribution in [-0.2, 0) is 0 Å². The average Bonchev–Trinajstić information content (AvgIpc) is 3.69. The van der Waals surface area contributed by atoms with Crippen LogP contribution in [0, 0.1) is 0 Å². The molecule has 0 spiro atoms. The van der Waals surface area contributed by atoms with Gasteiger partial charge in [0.25, 0.3) is 0 Å². The van der Waals surface area contributed by atoms with Crippen molar-refractivity contribution in [3.8, 4) is 44.5 Å². The van der Waals surface area contributed by atoms with Crippen LogP contribution >= 0.6 is 0 Å². The SMILES string of the molecule is c1ccc(-c2c3c4c(-c5ccc(N(c6ccc(-c7cccc8ccccc78)cc6)c6ccc(-c7cccc8ccccc78)cc6)cc5)cccc4ccc3n3ccccc23)cc1. The van der Waals surface area contributed by atoms with Crippen molar-refractivity contribution in [2.75, 3.05) is 4.90 Å². The maximum absolute atomic E-state index is 2.37. The summed E-state index contributed by atoms with van der Waals surface area (Å²) in [5.74, 6) is 0. The Morgan fingerprint density at radius 1 is 0.274 bits per heavy atom. The standard InChI is InChI=1S/C60H40N2/c1-2-15-46(16-3-1)59-56-25-8-9-40-61(56)57-39-32-47-19-12-24-55(58(47)60(57)59)45-30-37-50(38-31-45)62(48-33-26-43(27-34-48)53-22-10-17-41-13-4-6-20-51(41)53)49-35-28-44(29-36-49)54-23-11-18-42-14-5-7-21-52(42)54/h1-40H. The van der Waals surface area contributed by atoms with Gasteiger partial charge in [-0.2, -0.15) is 0 Å². The van der Waals surface area contributed by atoms with Gasteiger partial charge in [0.2, 0.25) is 0 Å². The Kier molecular flexibility index (Phi) is 8.53. The minimum atomic E-state index is 1.09. The zero-order valence-electron chi connectivity index (χ0n) is 34.0. The van der Waals surface area contributed by atoms with Gasteiger partial charge in [0.05, 0.1) is 11.0 Å². The second-order valence-corrected chi connectivity index (χ2v) is 16.1. The number of benzene rings is 10. The molecular formula is C60H40N2. The van der Waals surface area contributed by atoms with E-state index < -0.39 is 0 Å². The molecule has 12 rings (SSSR count). The van der Waals surface area contributed by atoms with Crippen molar-refractivity contribution in [2.45, 2.75) is 0 Å². The number of fused-ring (bicyclic) bond motifs is 7. The molecule has 2 aromatic heterocycles. The molecule has 2 heterocycles. The van der Waals surface area contributed by atoms with Crippen LogP contribution in [0.5, 0.6) is 0 Å². The molecule has 290 valence electrons. The van der Waals surface area contributed by atoms with E-state index in [-0.39, 0.29) is 0 Å². The van der Waals surface area contributed by atoms with Crippen LogP contribution in [0.2, 0.25) is 0 Å². The maximum atomic E-state index is 2.37. The number of hydrogen-bond acceptors (Lipinski definition) is 1. The van der Waals surface area contributed by atoms with Gasteiger partial charge >= 0.3 is 0 Å². The van der Waals surface area contributed by atoms with E-state index in [1.165, 1.54) is 93.2 Å². The monoisotopic (exact) mass is 788 g/mol. The topological polar surface area (TPSA) is 7.65 Å². The van der Waals surface area contributed by atoms with Crippen LogP contribution in [0.1, 0.15) is 0 Å². The predicted molar refractivity (Wildman–Crippen MR) is 264 cm³/mol. The molecule has 0 fully saturated rings. The Morgan fingerprint density at radius 3 is 1.32 bits per heavy atom. The quantitative estimate of drug-likeness (QED) is 0.156. The van der Waals surface area contributed by atoms with Crippen molar-refractivity contribution in [1.29, 1.82) is 0 Å². The third-order valence-electron chi connectivity index (χ3n) is 12.6. The zero-order valence-corrected chi connectivity index (χ0v) is 34.0. The highest BCUT2D eigenvalue weighted by molar-refractivity contribution is 6.22.